The first-order valence-electron chi connectivity index (χ1n) is 8.18. The number of halogens is 1. The summed E-state index contributed by atoms with van der Waals surface area (Å²) >= 11 is 0. The number of nitrogens with one attached hydrogen (secondary N) is 1. The molecule has 0 saturated heterocycles. The van der Waals surface area contributed by atoms with Gasteiger partial charge >= 0.3 is 0 Å². The lowest BCUT2D eigenvalue weighted by molar-refractivity contribution is 0.115. The molecule has 0 spiro atoms. The second kappa shape index (κ2) is 10.8. The Hall–Kier alpha value is -0.900. The lowest BCUT2D eigenvalue weighted by Gasteiger charge is -2.22. The van der Waals surface area contributed by atoms with Crippen molar-refractivity contribution in [3.63, 3.8) is 0 Å². The van der Waals surface area contributed by atoms with Gasteiger partial charge in [-0.2, -0.15) is 0 Å². The predicted molar refractivity (Wildman–Crippen MR) is 102 cm³/mol. The summed E-state index contributed by atoms with van der Waals surface area (Å²) < 4.78 is 7.70. The van der Waals surface area contributed by atoms with E-state index in [1.54, 1.807) is 6.33 Å². The molecule has 1 N–H and O–H groups in total. The highest BCUT2D eigenvalue weighted by Gasteiger charge is 2.21. The Labute approximate surface area is 155 Å². The zero-order valence-corrected chi connectivity index (χ0v) is 16.7. The summed E-state index contributed by atoms with van der Waals surface area (Å²) in [5, 5.41) is 11.4. The van der Waals surface area contributed by atoms with E-state index < -0.39 is 0 Å². The van der Waals surface area contributed by atoms with Crippen LogP contribution in [-0.2, 0) is 17.8 Å². The van der Waals surface area contributed by atoms with Crippen molar-refractivity contribution in [1.29, 1.82) is 0 Å². The van der Waals surface area contributed by atoms with Crippen molar-refractivity contribution >= 4 is 29.9 Å². The molecule has 0 aromatic carbocycles. The third kappa shape index (κ3) is 7.03. The molecule has 8 heteroatoms. The van der Waals surface area contributed by atoms with Crippen LogP contribution in [0.1, 0.15) is 32.5 Å². The van der Waals surface area contributed by atoms with E-state index in [9.17, 15) is 0 Å². The smallest absolute Gasteiger partial charge is 0.194 e. The molecule has 1 aliphatic rings. The van der Waals surface area contributed by atoms with Crippen molar-refractivity contribution in [1.82, 2.24) is 25.0 Å². The Bertz CT molecular complexity index is 474. The summed E-state index contributed by atoms with van der Waals surface area (Å²) in [6.45, 7) is 8.85. The fourth-order valence-electron chi connectivity index (χ4n) is 2.12. The number of guanidine groups is 1. The largest absolute Gasteiger partial charge is 0.379 e. The van der Waals surface area contributed by atoms with Gasteiger partial charge in [0.1, 0.15) is 12.9 Å². The highest BCUT2D eigenvalue weighted by molar-refractivity contribution is 14.0. The number of aromatic nitrogens is 3. The van der Waals surface area contributed by atoms with E-state index in [0.717, 1.165) is 50.5 Å². The Morgan fingerprint density at radius 2 is 2.26 bits per heavy atom. The molecule has 23 heavy (non-hydrogen) atoms. The van der Waals surface area contributed by atoms with Gasteiger partial charge in [-0.3, -0.25) is 0 Å². The van der Waals surface area contributed by atoms with E-state index in [0.29, 0.717) is 6.54 Å². The molecule has 0 aliphatic heterocycles. The maximum atomic E-state index is 5.69. The first-order chi connectivity index (χ1) is 10.7. The summed E-state index contributed by atoms with van der Waals surface area (Å²) in [7, 11) is 2.03. The number of nitrogens with zero attached hydrogens (tertiary/aromatic N) is 5. The molecule has 0 radical (unpaired) electrons. The Kier molecular flexibility index (Phi) is 9.46. The summed E-state index contributed by atoms with van der Waals surface area (Å²) in [4.78, 5) is 6.74. The number of hydrogen-bond acceptors (Lipinski definition) is 4. The fourth-order valence-corrected chi connectivity index (χ4v) is 2.12. The molecule has 0 bridgehead atoms. The summed E-state index contributed by atoms with van der Waals surface area (Å²) in [5.41, 5.74) is 0. The zero-order valence-electron chi connectivity index (χ0n) is 14.4. The van der Waals surface area contributed by atoms with Crippen molar-refractivity contribution in [3.8, 4) is 0 Å². The highest BCUT2D eigenvalue weighted by atomic mass is 127. The van der Waals surface area contributed by atoms with E-state index >= 15 is 0 Å². The van der Waals surface area contributed by atoms with Crippen molar-refractivity contribution in [2.45, 2.75) is 39.8 Å². The quantitative estimate of drug-likeness (QED) is 0.277. The minimum absolute atomic E-state index is 0. The molecule has 0 atom stereocenters. The van der Waals surface area contributed by atoms with E-state index in [2.05, 4.69) is 39.3 Å². The second-order valence-electron chi connectivity index (χ2n) is 5.64. The number of likely N-dealkylation sites (N-methyl/N-ethyl adjacent to an activating group) is 1. The average molecular weight is 436 g/mol. The molecule has 1 saturated carbocycles. The minimum atomic E-state index is 0. The topological polar surface area (TPSA) is 67.6 Å². The summed E-state index contributed by atoms with van der Waals surface area (Å²) in [6.07, 6.45) is 4.41. The van der Waals surface area contributed by atoms with Crippen LogP contribution in [0.15, 0.2) is 11.3 Å². The molecule has 0 amide bonds. The Morgan fingerprint density at radius 3 is 2.91 bits per heavy atom. The lowest BCUT2D eigenvalue weighted by Crippen LogP contribution is -2.40. The fraction of sp³-hybridized carbons (Fsp3) is 0.800. The molecule has 1 aromatic rings. The third-order valence-corrected chi connectivity index (χ3v) is 3.72. The van der Waals surface area contributed by atoms with Crippen molar-refractivity contribution < 1.29 is 4.74 Å². The molecular weight excluding hydrogens is 407 g/mol. The van der Waals surface area contributed by atoms with Gasteiger partial charge in [0.15, 0.2) is 11.8 Å². The lowest BCUT2D eigenvalue weighted by atomic mass is 10.5. The van der Waals surface area contributed by atoms with Gasteiger partial charge in [-0.05, 0) is 32.6 Å². The normalized spacial score (nSPS) is 14.5. The van der Waals surface area contributed by atoms with E-state index in [1.165, 1.54) is 12.8 Å². The van der Waals surface area contributed by atoms with E-state index in [-0.39, 0.29) is 24.0 Å². The molecule has 1 heterocycles. The van der Waals surface area contributed by atoms with Crippen molar-refractivity contribution in [3.05, 3.63) is 12.2 Å². The van der Waals surface area contributed by atoms with Crippen molar-refractivity contribution in [2.24, 2.45) is 10.9 Å². The van der Waals surface area contributed by atoms with Gasteiger partial charge in [0.25, 0.3) is 0 Å². The van der Waals surface area contributed by atoms with Crippen LogP contribution >= 0.6 is 24.0 Å². The Morgan fingerprint density at radius 1 is 1.48 bits per heavy atom. The maximum absolute atomic E-state index is 5.69. The van der Waals surface area contributed by atoms with Crippen LogP contribution in [0.3, 0.4) is 0 Å². The van der Waals surface area contributed by atoms with Gasteiger partial charge in [-0.15, -0.1) is 34.2 Å². The van der Waals surface area contributed by atoms with Gasteiger partial charge < -0.3 is 19.5 Å². The standard InChI is InChI=1S/C15H28N6O.HI/c1-4-16-15(17-10-14-19-18-12-21(14)5-2)20(3)8-9-22-11-13-6-7-13;/h12-13H,4-11H2,1-3H3,(H,16,17);1H. The van der Waals surface area contributed by atoms with Crippen LogP contribution in [-0.4, -0.2) is 59.0 Å². The molecule has 1 aliphatic carbocycles. The molecule has 132 valence electrons. The number of aryl methyl sites for hydroxylation is 1. The van der Waals surface area contributed by atoms with Crippen LogP contribution in [0, 0.1) is 5.92 Å². The molecule has 7 nitrogen and oxygen atoms in total. The van der Waals surface area contributed by atoms with Gasteiger partial charge in [-0.1, -0.05) is 0 Å². The van der Waals surface area contributed by atoms with Gasteiger partial charge in [0.2, 0.25) is 0 Å². The van der Waals surface area contributed by atoms with E-state index in [1.807, 2.05) is 11.6 Å². The summed E-state index contributed by atoms with van der Waals surface area (Å²) in [5.74, 6) is 2.58. The number of hydrogen-bond donors (Lipinski definition) is 1. The maximum Gasteiger partial charge on any atom is 0.194 e. The third-order valence-electron chi connectivity index (χ3n) is 3.72. The van der Waals surface area contributed by atoms with Crippen LogP contribution in [0.2, 0.25) is 0 Å². The summed E-state index contributed by atoms with van der Waals surface area (Å²) in [6, 6.07) is 0. The Balaban J connectivity index is 0.00000264. The number of rotatable bonds is 9. The monoisotopic (exact) mass is 436 g/mol. The van der Waals surface area contributed by atoms with Gasteiger partial charge in [0, 0.05) is 33.3 Å². The van der Waals surface area contributed by atoms with Crippen LogP contribution in [0.4, 0.5) is 0 Å². The molecule has 0 unspecified atom stereocenters. The van der Waals surface area contributed by atoms with Crippen LogP contribution < -0.4 is 5.32 Å². The van der Waals surface area contributed by atoms with Crippen LogP contribution in [0.25, 0.3) is 0 Å². The highest BCUT2D eigenvalue weighted by Crippen LogP contribution is 2.28. The van der Waals surface area contributed by atoms with Gasteiger partial charge in [-0.25, -0.2) is 4.99 Å². The predicted octanol–water partition coefficient (Wildman–Crippen LogP) is 1.74. The van der Waals surface area contributed by atoms with E-state index in [4.69, 9.17) is 4.74 Å². The second-order valence-corrected chi connectivity index (χ2v) is 5.64. The molecule has 1 aromatic heterocycles. The molecule has 1 fully saturated rings. The average Bonchev–Trinajstić information content (AvgIpc) is 3.24. The molecular formula is C15H29IN6O. The van der Waals surface area contributed by atoms with Crippen molar-refractivity contribution in [2.75, 3.05) is 33.4 Å². The molecule has 2 rings (SSSR count). The first-order valence-corrected chi connectivity index (χ1v) is 8.18. The SMILES string of the molecule is CCNC(=NCc1nncn1CC)N(C)CCOCC1CC1.I. The number of ether oxygens (including phenoxy) is 1. The van der Waals surface area contributed by atoms with Crippen LogP contribution in [0.5, 0.6) is 0 Å². The first kappa shape index (κ1) is 20.1. The van der Waals surface area contributed by atoms with Gasteiger partial charge in [0.05, 0.1) is 6.61 Å². The minimum Gasteiger partial charge on any atom is -0.379 e. The zero-order chi connectivity index (χ0) is 15.8. The number of aliphatic imine (C=N–C) groups is 1.